The fourth-order valence-corrected chi connectivity index (χ4v) is 2.61. The van der Waals surface area contributed by atoms with Crippen molar-refractivity contribution in [2.75, 3.05) is 0 Å². The van der Waals surface area contributed by atoms with Gasteiger partial charge in [-0.05, 0) is 31.2 Å². The third-order valence-corrected chi connectivity index (χ3v) is 3.80. The smallest absolute Gasteiger partial charge is 0.259 e. The SMILES string of the molecule is Cc1ccc(-c2ccc(-c3nc4ccccc4c(=O)[nH]3)cc2)o1. The van der Waals surface area contributed by atoms with Gasteiger partial charge in [0.1, 0.15) is 17.3 Å². The van der Waals surface area contributed by atoms with Crippen molar-refractivity contribution >= 4 is 10.9 Å². The Balaban J connectivity index is 1.77. The number of benzene rings is 2. The summed E-state index contributed by atoms with van der Waals surface area (Å²) >= 11 is 0. The van der Waals surface area contributed by atoms with Crippen molar-refractivity contribution < 1.29 is 4.42 Å². The molecule has 0 saturated carbocycles. The lowest BCUT2D eigenvalue weighted by molar-refractivity contribution is 0.548. The predicted molar refractivity (Wildman–Crippen MR) is 90.2 cm³/mol. The average Bonchev–Trinajstić information content (AvgIpc) is 3.01. The maximum absolute atomic E-state index is 12.2. The molecule has 4 rings (SSSR count). The van der Waals surface area contributed by atoms with Crippen LogP contribution in [0, 0.1) is 6.92 Å². The van der Waals surface area contributed by atoms with Crippen LogP contribution < -0.4 is 5.56 Å². The molecule has 4 nitrogen and oxygen atoms in total. The summed E-state index contributed by atoms with van der Waals surface area (Å²) in [4.78, 5) is 19.5. The van der Waals surface area contributed by atoms with Crippen LogP contribution in [0.4, 0.5) is 0 Å². The van der Waals surface area contributed by atoms with Crippen molar-refractivity contribution in [3.05, 3.63) is 76.8 Å². The van der Waals surface area contributed by atoms with Crippen molar-refractivity contribution in [3.8, 4) is 22.7 Å². The molecule has 0 unspecified atom stereocenters. The normalized spacial score (nSPS) is 11.0. The molecule has 0 amide bonds. The fraction of sp³-hybridized carbons (Fsp3) is 0.0526. The first kappa shape index (κ1) is 13.5. The number of nitrogens with zero attached hydrogens (tertiary/aromatic N) is 1. The summed E-state index contributed by atoms with van der Waals surface area (Å²) in [6, 6.07) is 19.0. The number of nitrogens with one attached hydrogen (secondary N) is 1. The van der Waals surface area contributed by atoms with E-state index in [-0.39, 0.29) is 5.56 Å². The second kappa shape index (κ2) is 5.25. The molecular weight excluding hydrogens is 288 g/mol. The van der Waals surface area contributed by atoms with Crippen molar-refractivity contribution in [1.29, 1.82) is 0 Å². The van der Waals surface area contributed by atoms with Gasteiger partial charge >= 0.3 is 0 Å². The number of H-pyrrole nitrogens is 1. The van der Waals surface area contributed by atoms with Crippen LogP contribution in [0.15, 0.2) is 69.9 Å². The van der Waals surface area contributed by atoms with Gasteiger partial charge in [0.2, 0.25) is 0 Å². The minimum absolute atomic E-state index is 0.128. The number of aromatic amines is 1. The molecule has 2 heterocycles. The van der Waals surface area contributed by atoms with Gasteiger partial charge in [-0.2, -0.15) is 0 Å². The molecule has 2 aromatic carbocycles. The highest BCUT2D eigenvalue weighted by Crippen LogP contribution is 2.24. The molecule has 0 fully saturated rings. The Morgan fingerprint density at radius 3 is 2.39 bits per heavy atom. The van der Waals surface area contributed by atoms with Crippen LogP contribution in [0.3, 0.4) is 0 Å². The topological polar surface area (TPSA) is 58.9 Å². The van der Waals surface area contributed by atoms with Crippen molar-refractivity contribution in [3.63, 3.8) is 0 Å². The van der Waals surface area contributed by atoms with Crippen LogP contribution in [0.5, 0.6) is 0 Å². The van der Waals surface area contributed by atoms with Gasteiger partial charge < -0.3 is 9.40 Å². The summed E-state index contributed by atoms with van der Waals surface area (Å²) in [5.41, 5.74) is 2.41. The molecule has 23 heavy (non-hydrogen) atoms. The van der Waals surface area contributed by atoms with Crippen LogP contribution in [-0.2, 0) is 0 Å². The fourth-order valence-electron chi connectivity index (χ4n) is 2.61. The number of fused-ring (bicyclic) bond motifs is 1. The van der Waals surface area contributed by atoms with E-state index in [1.165, 1.54) is 0 Å². The van der Waals surface area contributed by atoms with E-state index in [0.29, 0.717) is 16.7 Å². The van der Waals surface area contributed by atoms with Crippen molar-refractivity contribution in [2.24, 2.45) is 0 Å². The van der Waals surface area contributed by atoms with Crippen molar-refractivity contribution in [1.82, 2.24) is 9.97 Å². The molecule has 0 saturated heterocycles. The Labute approximate surface area is 132 Å². The van der Waals surface area contributed by atoms with E-state index in [9.17, 15) is 4.79 Å². The number of rotatable bonds is 2. The van der Waals surface area contributed by atoms with Crippen LogP contribution in [0.2, 0.25) is 0 Å². The second-order valence-corrected chi connectivity index (χ2v) is 5.42. The molecule has 0 radical (unpaired) electrons. The van der Waals surface area contributed by atoms with Crippen molar-refractivity contribution in [2.45, 2.75) is 6.92 Å². The lowest BCUT2D eigenvalue weighted by Crippen LogP contribution is -2.09. The average molecular weight is 302 g/mol. The van der Waals surface area contributed by atoms with E-state index in [1.54, 1.807) is 6.07 Å². The molecule has 112 valence electrons. The Morgan fingerprint density at radius 2 is 1.65 bits per heavy atom. The summed E-state index contributed by atoms with van der Waals surface area (Å²) in [5.74, 6) is 2.27. The molecular formula is C19H14N2O2. The molecule has 4 heteroatoms. The second-order valence-electron chi connectivity index (χ2n) is 5.42. The molecule has 0 aliphatic carbocycles. The highest BCUT2D eigenvalue weighted by molar-refractivity contribution is 5.79. The van der Waals surface area contributed by atoms with Gasteiger partial charge in [0, 0.05) is 11.1 Å². The van der Waals surface area contributed by atoms with Gasteiger partial charge in [-0.3, -0.25) is 4.79 Å². The number of para-hydroxylation sites is 1. The number of furan rings is 1. The summed E-state index contributed by atoms with van der Waals surface area (Å²) in [6.45, 7) is 1.92. The highest BCUT2D eigenvalue weighted by atomic mass is 16.3. The molecule has 1 N–H and O–H groups in total. The number of hydrogen-bond acceptors (Lipinski definition) is 3. The van der Waals surface area contributed by atoms with Gasteiger partial charge in [-0.1, -0.05) is 36.4 Å². The van der Waals surface area contributed by atoms with Crippen LogP contribution in [0.1, 0.15) is 5.76 Å². The Bertz CT molecular complexity index is 1040. The summed E-state index contributed by atoms with van der Waals surface area (Å²) < 4.78 is 5.62. The first-order valence-corrected chi connectivity index (χ1v) is 7.37. The lowest BCUT2D eigenvalue weighted by Gasteiger charge is -2.04. The monoisotopic (exact) mass is 302 g/mol. The number of aromatic nitrogens is 2. The quantitative estimate of drug-likeness (QED) is 0.605. The molecule has 0 aliphatic heterocycles. The van der Waals surface area contributed by atoms with Gasteiger partial charge in [0.25, 0.3) is 5.56 Å². The molecule has 0 spiro atoms. The minimum atomic E-state index is -0.128. The number of aryl methyl sites for hydroxylation is 1. The van der Waals surface area contributed by atoms with E-state index in [2.05, 4.69) is 9.97 Å². The summed E-state index contributed by atoms with van der Waals surface area (Å²) in [5, 5.41) is 0.596. The molecule has 0 atom stereocenters. The van der Waals surface area contributed by atoms with E-state index < -0.39 is 0 Å². The molecule has 4 aromatic rings. The maximum Gasteiger partial charge on any atom is 0.259 e. The van der Waals surface area contributed by atoms with Gasteiger partial charge in [-0.25, -0.2) is 4.98 Å². The first-order chi connectivity index (χ1) is 11.2. The Morgan fingerprint density at radius 1 is 0.913 bits per heavy atom. The zero-order chi connectivity index (χ0) is 15.8. The van der Waals surface area contributed by atoms with Gasteiger partial charge in [0.05, 0.1) is 10.9 Å². The lowest BCUT2D eigenvalue weighted by atomic mass is 10.1. The third-order valence-electron chi connectivity index (χ3n) is 3.80. The van der Waals surface area contributed by atoms with E-state index >= 15 is 0 Å². The zero-order valence-corrected chi connectivity index (χ0v) is 12.5. The maximum atomic E-state index is 12.2. The van der Waals surface area contributed by atoms with Crippen LogP contribution in [0.25, 0.3) is 33.6 Å². The van der Waals surface area contributed by atoms with Gasteiger partial charge in [-0.15, -0.1) is 0 Å². The largest absolute Gasteiger partial charge is 0.461 e. The van der Waals surface area contributed by atoms with E-state index in [4.69, 9.17) is 4.42 Å². The Hall–Kier alpha value is -3.14. The summed E-state index contributed by atoms with van der Waals surface area (Å²) in [7, 11) is 0. The minimum Gasteiger partial charge on any atom is -0.461 e. The molecule has 2 aromatic heterocycles. The predicted octanol–water partition coefficient (Wildman–Crippen LogP) is 4.16. The standard InChI is InChI=1S/C19H14N2O2/c1-12-6-11-17(23-12)13-7-9-14(10-8-13)18-20-16-5-3-2-4-15(16)19(22)21-18/h2-11H,1H3,(H,20,21,22). The van der Waals surface area contributed by atoms with Crippen LogP contribution in [-0.4, -0.2) is 9.97 Å². The van der Waals surface area contributed by atoms with Gasteiger partial charge in [0.15, 0.2) is 0 Å². The Kier molecular flexibility index (Phi) is 3.08. The molecule has 0 bridgehead atoms. The van der Waals surface area contributed by atoms with E-state index in [0.717, 1.165) is 22.6 Å². The van der Waals surface area contributed by atoms with E-state index in [1.807, 2.05) is 61.5 Å². The first-order valence-electron chi connectivity index (χ1n) is 7.37. The summed E-state index contributed by atoms with van der Waals surface area (Å²) in [6.07, 6.45) is 0. The molecule has 0 aliphatic rings. The zero-order valence-electron chi connectivity index (χ0n) is 12.5. The number of hydrogen-bond donors (Lipinski definition) is 1. The highest BCUT2D eigenvalue weighted by Gasteiger charge is 2.07. The van der Waals surface area contributed by atoms with Crippen LogP contribution >= 0.6 is 0 Å². The third kappa shape index (κ3) is 2.44.